The van der Waals surface area contributed by atoms with E-state index in [0.29, 0.717) is 6.04 Å². The molecule has 2 rings (SSSR count). The third kappa shape index (κ3) is 2.58. The Bertz CT molecular complexity index is 249. The predicted octanol–water partition coefficient (Wildman–Crippen LogP) is 3.42. The topological polar surface area (TPSA) is 12.0 Å². The molecule has 0 radical (unpaired) electrons. The van der Waals surface area contributed by atoms with Crippen LogP contribution < -0.4 is 5.32 Å². The molecule has 1 atom stereocenters. The van der Waals surface area contributed by atoms with Crippen molar-refractivity contribution >= 4 is 11.3 Å². The van der Waals surface area contributed by atoms with Gasteiger partial charge in [-0.15, -0.1) is 11.3 Å². The first kappa shape index (κ1) is 10.2. The zero-order valence-corrected chi connectivity index (χ0v) is 9.65. The van der Waals surface area contributed by atoms with Gasteiger partial charge in [-0.25, -0.2) is 0 Å². The van der Waals surface area contributed by atoms with Gasteiger partial charge in [0.1, 0.15) is 0 Å². The predicted molar refractivity (Wildman–Crippen MR) is 62.6 cm³/mol. The maximum Gasteiger partial charge on any atom is 0.0302 e. The van der Waals surface area contributed by atoms with Crippen LogP contribution in [0.25, 0.3) is 0 Å². The molecule has 0 bridgehead atoms. The van der Waals surface area contributed by atoms with Gasteiger partial charge < -0.3 is 5.32 Å². The Morgan fingerprint density at radius 2 is 2.29 bits per heavy atom. The Balaban J connectivity index is 1.74. The minimum Gasteiger partial charge on any atom is -0.309 e. The highest BCUT2D eigenvalue weighted by Gasteiger charge is 2.20. The summed E-state index contributed by atoms with van der Waals surface area (Å²) in [6.45, 7) is 3.39. The molecular formula is C12H19NS. The Labute approximate surface area is 90.5 Å². The van der Waals surface area contributed by atoms with Gasteiger partial charge in [-0.3, -0.25) is 0 Å². The van der Waals surface area contributed by atoms with E-state index in [-0.39, 0.29) is 0 Å². The van der Waals surface area contributed by atoms with Crippen LogP contribution in [0.3, 0.4) is 0 Å². The highest BCUT2D eigenvalue weighted by Crippen LogP contribution is 2.27. The molecule has 1 aliphatic rings. The molecule has 1 fully saturated rings. The van der Waals surface area contributed by atoms with Crippen LogP contribution in [0, 0.1) is 5.92 Å². The summed E-state index contributed by atoms with van der Waals surface area (Å²) in [6, 6.07) is 5.03. The van der Waals surface area contributed by atoms with Gasteiger partial charge in [-0.2, -0.15) is 0 Å². The quantitative estimate of drug-likeness (QED) is 0.801. The molecule has 1 saturated carbocycles. The lowest BCUT2D eigenvalue weighted by molar-refractivity contribution is 0.381. The van der Waals surface area contributed by atoms with E-state index in [1.807, 2.05) is 11.3 Å². The van der Waals surface area contributed by atoms with Crippen molar-refractivity contribution in [3.63, 3.8) is 0 Å². The first-order valence-electron chi connectivity index (χ1n) is 5.62. The fourth-order valence-corrected chi connectivity index (χ4v) is 2.95. The molecule has 2 heteroatoms. The molecule has 1 N–H and O–H groups in total. The van der Waals surface area contributed by atoms with Crippen molar-refractivity contribution in [2.45, 2.75) is 45.2 Å². The highest BCUT2D eigenvalue weighted by atomic mass is 32.1. The number of nitrogens with one attached hydrogen (secondary N) is 1. The van der Waals surface area contributed by atoms with Crippen LogP contribution in [0.5, 0.6) is 0 Å². The van der Waals surface area contributed by atoms with E-state index in [2.05, 4.69) is 29.8 Å². The molecular weight excluding hydrogens is 190 g/mol. The second-order valence-corrected chi connectivity index (χ2v) is 5.33. The van der Waals surface area contributed by atoms with Crippen LogP contribution in [0.1, 0.15) is 37.5 Å². The van der Waals surface area contributed by atoms with Crippen LogP contribution in [-0.2, 0) is 6.54 Å². The Kier molecular flexibility index (Phi) is 3.60. The van der Waals surface area contributed by atoms with Crippen molar-refractivity contribution in [2.75, 3.05) is 0 Å². The maximum absolute atomic E-state index is 3.64. The van der Waals surface area contributed by atoms with E-state index < -0.39 is 0 Å². The summed E-state index contributed by atoms with van der Waals surface area (Å²) < 4.78 is 0. The second kappa shape index (κ2) is 4.94. The molecule has 1 unspecified atom stereocenters. The molecule has 1 heterocycles. The van der Waals surface area contributed by atoms with E-state index in [0.717, 1.165) is 12.5 Å². The monoisotopic (exact) mass is 209 g/mol. The largest absolute Gasteiger partial charge is 0.309 e. The van der Waals surface area contributed by atoms with E-state index >= 15 is 0 Å². The fraction of sp³-hybridized carbons (Fsp3) is 0.667. The molecule has 0 aromatic carbocycles. The molecule has 0 aliphatic heterocycles. The van der Waals surface area contributed by atoms with Crippen molar-refractivity contribution in [1.29, 1.82) is 0 Å². The van der Waals surface area contributed by atoms with Crippen molar-refractivity contribution in [3.05, 3.63) is 22.4 Å². The van der Waals surface area contributed by atoms with Crippen molar-refractivity contribution in [2.24, 2.45) is 5.92 Å². The normalized spacial score (nSPS) is 20.1. The van der Waals surface area contributed by atoms with E-state index in [1.165, 1.54) is 30.6 Å². The number of rotatable bonds is 4. The minimum absolute atomic E-state index is 0.694. The average Bonchev–Trinajstić information content (AvgIpc) is 2.87. The Morgan fingerprint density at radius 1 is 1.50 bits per heavy atom. The van der Waals surface area contributed by atoms with Crippen LogP contribution in [0.4, 0.5) is 0 Å². The summed E-state index contributed by atoms with van der Waals surface area (Å²) >= 11 is 1.84. The standard InChI is InChI=1S/C12H19NS/c1-10(11-5-2-3-6-11)13-9-12-7-4-8-14-12/h4,7-8,10-11,13H,2-3,5-6,9H2,1H3. The maximum atomic E-state index is 3.64. The third-order valence-corrected chi connectivity index (χ3v) is 4.16. The van der Waals surface area contributed by atoms with Gasteiger partial charge >= 0.3 is 0 Å². The summed E-state index contributed by atoms with van der Waals surface area (Å²) in [5.41, 5.74) is 0. The molecule has 0 saturated heterocycles. The number of thiophene rings is 1. The van der Waals surface area contributed by atoms with Gasteiger partial charge in [0.05, 0.1) is 0 Å². The van der Waals surface area contributed by atoms with Crippen molar-refractivity contribution in [1.82, 2.24) is 5.32 Å². The van der Waals surface area contributed by atoms with Crippen LogP contribution in [0.15, 0.2) is 17.5 Å². The Morgan fingerprint density at radius 3 is 2.93 bits per heavy atom. The van der Waals surface area contributed by atoms with Crippen molar-refractivity contribution < 1.29 is 0 Å². The second-order valence-electron chi connectivity index (χ2n) is 4.29. The average molecular weight is 209 g/mol. The summed E-state index contributed by atoms with van der Waals surface area (Å²) in [4.78, 5) is 1.45. The van der Waals surface area contributed by atoms with Gasteiger partial charge in [0.2, 0.25) is 0 Å². The molecule has 0 spiro atoms. The van der Waals surface area contributed by atoms with E-state index in [9.17, 15) is 0 Å². The molecule has 78 valence electrons. The number of hydrogen-bond donors (Lipinski definition) is 1. The minimum atomic E-state index is 0.694. The van der Waals surface area contributed by atoms with Gasteiger partial charge in [-0.1, -0.05) is 18.9 Å². The SMILES string of the molecule is CC(NCc1cccs1)C1CCCC1. The zero-order valence-electron chi connectivity index (χ0n) is 8.83. The molecule has 0 amide bonds. The van der Waals surface area contributed by atoms with Gasteiger partial charge in [0.25, 0.3) is 0 Å². The molecule has 14 heavy (non-hydrogen) atoms. The summed E-state index contributed by atoms with van der Waals surface area (Å²) in [5, 5.41) is 5.79. The molecule has 1 nitrogen and oxygen atoms in total. The third-order valence-electron chi connectivity index (χ3n) is 3.29. The lowest BCUT2D eigenvalue weighted by Crippen LogP contribution is -2.31. The van der Waals surface area contributed by atoms with Gasteiger partial charge in [0.15, 0.2) is 0 Å². The first-order chi connectivity index (χ1) is 6.86. The summed E-state index contributed by atoms with van der Waals surface area (Å²) in [7, 11) is 0. The van der Waals surface area contributed by atoms with Crippen LogP contribution in [0.2, 0.25) is 0 Å². The van der Waals surface area contributed by atoms with Crippen molar-refractivity contribution in [3.8, 4) is 0 Å². The molecule has 1 aromatic heterocycles. The summed E-state index contributed by atoms with van der Waals surface area (Å²) in [5.74, 6) is 0.926. The van der Waals surface area contributed by atoms with Gasteiger partial charge in [-0.05, 0) is 37.1 Å². The lowest BCUT2D eigenvalue weighted by Gasteiger charge is -2.19. The first-order valence-corrected chi connectivity index (χ1v) is 6.50. The molecule has 1 aromatic rings. The van der Waals surface area contributed by atoms with E-state index in [4.69, 9.17) is 0 Å². The smallest absolute Gasteiger partial charge is 0.0302 e. The molecule has 1 aliphatic carbocycles. The summed E-state index contributed by atoms with van der Waals surface area (Å²) in [6.07, 6.45) is 5.74. The van der Waals surface area contributed by atoms with Gasteiger partial charge in [0, 0.05) is 17.5 Å². The Hall–Kier alpha value is -0.340. The van der Waals surface area contributed by atoms with Crippen LogP contribution in [-0.4, -0.2) is 6.04 Å². The van der Waals surface area contributed by atoms with E-state index in [1.54, 1.807) is 0 Å². The fourth-order valence-electron chi connectivity index (χ4n) is 2.30. The highest BCUT2D eigenvalue weighted by molar-refractivity contribution is 7.09. The van der Waals surface area contributed by atoms with Crippen LogP contribution >= 0.6 is 11.3 Å². The number of hydrogen-bond acceptors (Lipinski definition) is 2. The zero-order chi connectivity index (χ0) is 9.80. The lowest BCUT2D eigenvalue weighted by atomic mass is 10.00.